The van der Waals surface area contributed by atoms with E-state index in [-0.39, 0.29) is 13.0 Å². The average molecular weight is 260 g/mol. The van der Waals surface area contributed by atoms with Gasteiger partial charge in [0.1, 0.15) is 6.10 Å². The minimum atomic E-state index is -0.814. The van der Waals surface area contributed by atoms with Gasteiger partial charge in [-0.25, -0.2) is 4.79 Å². The number of methoxy groups -OCH3 is 1. The van der Waals surface area contributed by atoms with E-state index in [0.717, 1.165) is 0 Å². The zero-order chi connectivity index (χ0) is 13.7. The predicted octanol–water partition coefficient (Wildman–Crippen LogP) is -0.188. The standard InChI is InChI=1S/C11H16O7/c1-6(12)17-8-4-9(11(14)15-3)16-5-10(8)18-7(2)13/h8-10H,4-5H2,1-3H3/t8-,9-,10-/m1/s1. The Balaban J connectivity index is 2.68. The molecule has 0 aromatic rings. The lowest BCUT2D eigenvalue weighted by Crippen LogP contribution is -2.48. The van der Waals surface area contributed by atoms with Crippen LogP contribution in [0.3, 0.4) is 0 Å². The highest BCUT2D eigenvalue weighted by Gasteiger charge is 2.39. The number of rotatable bonds is 3. The summed E-state index contributed by atoms with van der Waals surface area (Å²) in [6.07, 6.45) is -2.12. The predicted molar refractivity (Wildman–Crippen MR) is 57.5 cm³/mol. The van der Waals surface area contributed by atoms with Crippen molar-refractivity contribution < 1.29 is 33.3 Å². The molecule has 3 atom stereocenters. The highest BCUT2D eigenvalue weighted by Crippen LogP contribution is 2.21. The van der Waals surface area contributed by atoms with Gasteiger partial charge in [-0.15, -0.1) is 0 Å². The van der Waals surface area contributed by atoms with E-state index in [4.69, 9.17) is 14.2 Å². The summed E-state index contributed by atoms with van der Waals surface area (Å²) in [6, 6.07) is 0. The van der Waals surface area contributed by atoms with E-state index in [2.05, 4.69) is 4.74 Å². The first kappa shape index (κ1) is 14.4. The van der Waals surface area contributed by atoms with Crippen LogP contribution in [-0.2, 0) is 33.3 Å². The van der Waals surface area contributed by atoms with Crippen LogP contribution in [-0.4, -0.2) is 49.9 Å². The number of carbonyl (C=O) groups excluding carboxylic acids is 3. The summed E-state index contributed by atoms with van der Waals surface area (Å²) in [5.41, 5.74) is 0. The molecule has 1 saturated heterocycles. The lowest BCUT2D eigenvalue weighted by molar-refractivity contribution is -0.194. The molecule has 18 heavy (non-hydrogen) atoms. The molecule has 0 bridgehead atoms. The maximum atomic E-state index is 11.3. The van der Waals surface area contributed by atoms with E-state index in [0.29, 0.717) is 0 Å². The van der Waals surface area contributed by atoms with E-state index >= 15 is 0 Å². The third kappa shape index (κ3) is 3.99. The van der Waals surface area contributed by atoms with Crippen molar-refractivity contribution in [1.29, 1.82) is 0 Å². The fourth-order valence-electron chi connectivity index (χ4n) is 1.71. The molecular formula is C11H16O7. The minimum Gasteiger partial charge on any atom is -0.467 e. The summed E-state index contributed by atoms with van der Waals surface area (Å²) in [4.78, 5) is 33.2. The van der Waals surface area contributed by atoms with E-state index in [1.54, 1.807) is 0 Å². The highest BCUT2D eigenvalue weighted by atomic mass is 16.6. The Morgan fingerprint density at radius 3 is 2.11 bits per heavy atom. The summed E-state index contributed by atoms with van der Waals surface area (Å²) >= 11 is 0. The summed E-state index contributed by atoms with van der Waals surface area (Å²) in [6.45, 7) is 2.47. The van der Waals surface area contributed by atoms with Gasteiger partial charge in [-0.05, 0) is 0 Å². The van der Waals surface area contributed by atoms with Crippen molar-refractivity contribution in [2.45, 2.75) is 38.6 Å². The SMILES string of the molecule is COC(=O)[C@H]1C[C@@H](OC(C)=O)[C@H](OC(C)=O)CO1. The van der Waals surface area contributed by atoms with Crippen molar-refractivity contribution in [2.24, 2.45) is 0 Å². The molecule has 0 aromatic carbocycles. The molecule has 0 aliphatic carbocycles. The zero-order valence-electron chi connectivity index (χ0n) is 10.5. The number of ether oxygens (including phenoxy) is 4. The summed E-state index contributed by atoms with van der Waals surface area (Å²) in [7, 11) is 1.24. The Kier molecular flexibility index (Phi) is 5.08. The number of carbonyl (C=O) groups is 3. The Hall–Kier alpha value is -1.63. The molecule has 1 fully saturated rings. The molecule has 0 spiro atoms. The second-order valence-corrected chi connectivity index (χ2v) is 3.88. The zero-order valence-corrected chi connectivity index (χ0v) is 10.5. The fraction of sp³-hybridized carbons (Fsp3) is 0.727. The van der Waals surface area contributed by atoms with Gasteiger partial charge in [0, 0.05) is 20.3 Å². The van der Waals surface area contributed by atoms with Crippen molar-refractivity contribution in [3.63, 3.8) is 0 Å². The van der Waals surface area contributed by atoms with Crippen LogP contribution < -0.4 is 0 Å². The van der Waals surface area contributed by atoms with Gasteiger partial charge >= 0.3 is 17.9 Å². The molecule has 1 heterocycles. The molecule has 0 amide bonds. The van der Waals surface area contributed by atoms with Crippen LogP contribution in [0.4, 0.5) is 0 Å². The summed E-state index contributed by atoms with van der Waals surface area (Å²) in [5, 5.41) is 0. The smallest absolute Gasteiger partial charge is 0.335 e. The molecule has 1 aliphatic heterocycles. The van der Waals surface area contributed by atoms with Crippen LogP contribution in [0.1, 0.15) is 20.3 Å². The van der Waals surface area contributed by atoms with Crippen molar-refractivity contribution in [2.75, 3.05) is 13.7 Å². The van der Waals surface area contributed by atoms with Crippen LogP contribution in [0.5, 0.6) is 0 Å². The molecular weight excluding hydrogens is 244 g/mol. The molecule has 0 saturated carbocycles. The second kappa shape index (κ2) is 6.34. The van der Waals surface area contributed by atoms with Crippen LogP contribution in [0, 0.1) is 0 Å². The van der Waals surface area contributed by atoms with Crippen LogP contribution in [0.25, 0.3) is 0 Å². The second-order valence-electron chi connectivity index (χ2n) is 3.88. The molecule has 0 radical (unpaired) electrons. The molecule has 0 unspecified atom stereocenters. The van der Waals surface area contributed by atoms with E-state index in [1.807, 2.05) is 0 Å². The van der Waals surface area contributed by atoms with Gasteiger partial charge in [0.25, 0.3) is 0 Å². The van der Waals surface area contributed by atoms with Gasteiger partial charge in [-0.1, -0.05) is 0 Å². The first-order valence-corrected chi connectivity index (χ1v) is 5.48. The monoisotopic (exact) mass is 260 g/mol. The largest absolute Gasteiger partial charge is 0.467 e. The van der Waals surface area contributed by atoms with Crippen LogP contribution >= 0.6 is 0 Å². The molecule has 102 valence electrons. The van der Waals surface area contributed by atoms with Gasteiger partial charge < -0.3 is 18.9 Å². The molecule has 1 aliphatic rings. The first-order valence-electron chi connectivity index (χ1n) is 5.48. The van der Waals surface area contributed by atoms with Crippen molar-refractivity contribution in [3.8, 4) is 0 Å². The Morgan fingerprint density at radius 1 is 1.06 bits per heavy atom. The van der Waals surface area contributed by atoms with E-state index in [1.165, 1.54) is 21.0 Å². The van der Waals surface area contributed by atoms with Crippen LogP contribution in [0.15, 0.2) is 0 Å². The van der Waals surface area contributed by atoms with Crippen molar-refractivity contribution in [3.05, 3.63) is 0 Å². The lowest BCUT2D eigenvalue weighted by Gasteiger charge is -2.33. The van der Waals surface area contributed by atoms with Crippen molar-refractivity contribution in [1.82, 2.24) is 0 Å². The first-order chi connectivity index (χ1) is 8.43. The van der Waals surface area contributed by atoms with Gasteiger partial charge in [-0.2, -0.15) is 0 Å². The molecule has 7 heteroatoms. The van der Waals surface area contributed by atoms with Gasteiger partial charge in [0.2, 0.25) is 0 Å². The molecule has 7 nitrogen and oxygen atoms in total. The third-order valence-corrected chi connectivity index (χ3v) is 2.42. The Labute approximate surface area is 104 Å². The average Bonchev–Trinajstić information content (AvgIpc) is 2.29. The quantitative estimate of drug-likeness (QED) is 0.513. The van der Waals surface area contributed by atoms with Crippen molar-refractivity contribution >= 4 is 17.9 Å². The molecule has 1 rings (SSSR count). The normalized spacial score (nSPS) is 27.2. The highest BCUT2D eigenvalue weighted by molar-refractivity contribution is 5.75. The topological polar surface area (TPSA) is 88.1 Å². The summed E-state index contributed by atoms with van der Waals surface area (Å²) < 4.78 is 19.8. The number of hydrogen-bond acceptors (Lipinski definition) is 7. The van der Waals surface area contributed by atoms with E-state index < -0.39 is 36.2 Å². The Morgan fingerprint density at radius 2 is 1.61 bits per heavy atom. The third-order valence-electron chi connectivity index (χ3n) is 2.42. The number of esters is 3. The maximum Gasteiger partial charge on any atom is 0.335 e. The fourth-order valence-corrected chi connectivity index (χ4v) is 1.71. The number of hydrogen-bond donors (Lipinski definition) is 0. The lowest BCUT2D eigenvalue weighted by atomic mass is 10.0. The molecule has 0 N–H and O–H groups in total. The Bertz CT molecular complexity index is 338. The van der Waals surface area contributed by atoms with Crippen LogP contribution in [0.2, 0.25) is 0 Å². The molecule has 0 aromatic heterocycles. The van der Waals surface area contributed by atoms with Gasteiger partial charge in [0.05, 0.1) is 13.7 Å². The summed E-state index contributed by atoms with van der Waals surface area (Å²) in [5.74, 6) is -1.56. The van der Waals surface area contributed by atoms with E-state index in [9.17, 15) is 14.4 Å². The minimum absolute atomic E-state index is 0.0166. The maximum absolute atomic E-state index is 11.3. The van der Waals surface area contributed by atoms with Gasteiger partial charge in [-0.3, -0.25) is 9.59 Å². The van der Waals surface area contributed by atoms with Gasteiger partial charge in [0.15, 0.2) is 12.2 Å².